The summed E-state index contributed by atoms with van der Waals surface area (Å²) >= 11 is 2.15. The van der Waals surface area contributed by atoms with E-state index in [-0.39, 0.29) is 16.7 Å². The maximum Gasteiger partial charge on any atom is 0.335 e. The summed E-state index contributed by atoms with van der Waals surface area (Å²) in [6.45, 7) is 1.82. The number of rotatable bonds is 2. The van der Waals surface area contributed by atoms with Gasteiger partial charge in [-0.25, -0.2) is 9.69 Å². The molecule has 0 unspecified atom stereocenters. The van der Waals surface area contributed by atoms with E-state index >= 15 is 0 Å². The van der Waals surface area contributed by atoms with Crippen molar-refractivity contribution in [3.63, 3.8) is 0 Å². The Hall–Kier alpha value is -2.22. The van der Waals surface area contributed by atoms with Crippen LogP contribution in [0.1, 0.15) is 36.6 Å². The molecule has 2 amide bonds. The second-order valence-electron chi connectivity index (χ2n) is 4.94. The summed E-state index contributed by atoms with van der Waals surface area (Å²) in [6, 6.07) is 9.38. The largest absolute Gasteiger partial charge is 0.478 e. The predicted molar refractivity (Wildman–Crippen MR) is 88.4 cm³/mol. The monoisotopic (exact) mass is 407 g/mol. The number of carboxylic acids is 1. The highest BCUT2D eigenvalue weighted by Crippen LogP contribution is 2.31. The molecule has 1 heterocycles. The Kier molecular flexibility index (Phi) is 3.48. The summed E-state index contributed by atoms with van der Waals surface area (Å²) in [5.41, 5.74) is 1.67. The lowest BCUT2D eigenvalue weighted by molar-refractivity contribution is 0.0696. The Labute approximate surface area is 139 Å². The first kappa shape index (κ1) is 14.7. The van der Waals surface area contributed by atoms with Gasteiger partial charge in [0, 0.05) is 3.57 Å². The lowest BCUT2D eigenvalue weighted by atomic mass is 10.1. The van der Waals surface area contributed by atoms with Crippen LogP contribution in [0.25, 0.3) is 0 Å². The van der Waals surface area contributed by atoms with Crippen molar-refractivity contribution in [1.82, 2.24) is 0 Å². The first-order valence-corrected chi connectivity index (χ1v) is 7.50. The first-order valence-electron chi connectivity index (χ1n) is 6.42. The molecule has 0 aliphatic carbocycles. The lowest BCUT2D eigenvalue weighted by Crippen LogP contribution is -2.30. The number of hydrogen-bond acceptors (Lipinski definition) is 3. The zero-order chi connectivity index (χ0) is 16.0. The fourth-order valence-electron chi connectivity index (χ4n) is 2.46. The quantitative estimate of drug-likeness (QED) is 0.614. The standard InChI is InChI=1S/C16H10INO4/c1-8-6-10(17)3-5-13(8)18-14(19)11-4-2-9(16(21)22)7-12(11)15(18)20/h2-7H,1H3,(H,21,22). The van der Waals surface area contributed by atoms with Gasteiger partial charge in [-0.3, -0.25) is 9.59 Å². The van der Waals surface area contributed by atoms with Crippen LogP contribution >= 0.6 is 22.6 Å². The number of carboxylic acid groups (broad SMARTS) is 1. The van der Waals surface area contributed by atoms with E-state index in [4.69, 9.17) is 5.11 Å². The van der Waals surface area contributed by atoms with Crippen LogP contribution in [0.5, 0.6) is 0 Å². The third-order valence-electron chi connectivity index (χ3n) is 3.53. The van der Waals surface area contributed by atoms with Gasteiger partial charge in [0.15, 0.2) is 0 Å². The maximum atomic E-state index is 12.5. The number of benzene rings is 2. The van der Waals surface area contributed by atoms with E-state index < -0.39 is 17.8 Å². The van der Waals surface area contributed by atoms with Gasteiger partial charge in [0.2, 0.25) is 0 Å². The van der Waals surface area contributed by atoms with Crippen LogP contribution in [-0.2, 0) is 0 Å². The highest BCUT2D eigenvalue weighted by Gasteiger charge is 2.37. The van der Waals surface area contributed by atoms with Crippen LogP contribution in [0, 0.1) is 10.5 Å². The normalized spacial score (nSPS) is 13.5. The molecule has 110 valence electrons. The molecule has 1 aliphatic rings. The number of fused-ring (bicyclic) bond motifs is 1. The Morgan fingerprint density at radius 1 is 1.05 bits per heavy atom. The third kappa shape index (κ3) is 2.19. The van der Waals surface area contributed by atoms with Crippen LogP contribution in [-0.4, -0.2) is 22.9 Å². The molecule has 5 nitrogen and oxygen atoms in total. The summed E-state index contributed by atoms with van der Waals surface area (Å²) in [4.78, 5) is 37.1. The minimum Gasteiger partial charge on any atom is -0.478 e. The van der Waals surface area contributed by atoms with Gasteiger partial charge in [-0.1, -0.05) is 0 Å². The van der Waals surface area contributed by atoms with Gasteiger partial charge in [-0.15, -0.1) is 0 Å². The van der Waals surface area contributed by atoms with Crippen molar-refractivity contribution in [2.75, 3.05) is 4.90 Å². The molecule has 1 aliphatic heterocycles. The second kappa shape index (κ2) is 5.20. The number of carbonyl (C=O) groups is 3. The van der Waals surface area contributed by atoms with Gasteiger partial charge < -0.3 is 5.11 Å². The molecule has 0 saturated carbocycles. The van der Waals surface area contributed by atoms with Crippen LogP contribution in [0.4, 0.5) is 5.69 Å². The van der Waals surface area contributed by atoms with Crippen LogP contribution in [0.15, 0.2) is 36.4 Å². The van der Waals surface area contributed by atoms with Crippen molar-refractivity contribution in [3.8, 4) is 0 Å². The average Bonchev–Trinajstić information content (AvgIpc) is 2.71. The molecule has 0 aromatic heterocycles. The Morgan fingerprint density at radius 3 is 2.36 bits per heavy atom. The number of nitrogens with zero attached hydrogens (tertiary/aromatic N) is 1. The van der Waals surface area contributed by atoms with Gasteiger partial charge in [0.1, 0.15) is 0 Å². The number of hydrogen-bond donors (Lipinski definition) is 1. The van der Waals surface area contributed by atoms with Crippen molar-refractivity contribution < 1.29 is 19.5 Å². The fourth-order valence-corrected chi connectivity index (χ4v) is 3.11. The molecule has 0 saturated heterocycles. The van der Waals surface area contributed by atoms with E-state index in [0.29, 0.717) is 5.69 Å². The second-order valence-corrected chi connectivity index (χ2v) is 6.19. The molecule has 0 spiro atoms. The van der Waals surface area contributed by atoms with Crippen molar-refractivity contribution in [2.45, 2.75) is 6.92 Å². The van der Waals surface area contributed by atoms with E-state index in [2.05, 4.69) is 22.6 Å². The molecule has 0 bridgehead atoms. The highest BCUT2D eigenvalue weighted by molar-refractivity contribution is 14.1. The van der Waals surface area contributed by atoms with Crippen molar-refractivity contribution in [1.29, 1.82) is 0 Å². The van der Waals surface area contributed by atoms with Gasteiger partial charge in [0.25, 0.3) is 11.8 Å². The Balaban J connectivity index is 2.12. The molecule has 2 aromatic carbocycles. The zero-order valence-electron chi connectivity index (χ0n) is 11.5. The molecular formula is C16H10INO4. The number of carbonyl (C=O) groups excluding carboxylic acids is 2. The summed E-state index contributed by atoms with van der Waals surface area (Å²) in [5.74, 6) is -2.06. The summed E-state index contributed by atoms with van der Waals surface area (Å²) in [5, 5.41) is 9.02. The van der Waals surface area contributed by atoms with Crippen molar-refractivity contribution in [2.24, 2.45) is 0 Å². The number of aromatic carboxylic acids is 1. The number of anilines is 1. The topological polar surface area (TPSA) is 74.7 Å². The molecule has 0 radical (unpaired) electrons. The van der Waals surface area contributed by atoms with Crippen LogP contribution in [0.2, 0.25) is 0 Å². The van der Waals surface area contributed by atoms with Crippen LogP contribution in [0.3, 0.4) is 0 Å². The molecule has 3 rings (SSSR count). The first-order chi connectivity index (χ1) is 10.4. The van der Waals surface area contributed by atoms with E-state index in [1.54, 1.807) is 6.07 Å². The number of halogens is 1. The Morgan fingerprint density at radius 2 is 1.73 bits per heavy atom. The van der Waals surface area contributed by atoms with E-state index in [9.17, 15) is 14.4 Å². The Bertz CT molecular complexity index is 844. The molecule has 1 N–H and O–H groups in total. The molecular weight excluding hydrogens is 397 g/mol. The SMILES string of the molecule is Cc1cc(I)ccc1N1C(=O)c2ccc(C(=O)O)cc2C1=O. The molecule has 22 heavy (non-hydrogen) atoms. The minimum absolute atomic E-state index is 0.0129. The van der Waals surface area contributed by atoms with E-state index in [0.717, 1.165) is 14.0 Å². The third-order valence-corrected chi connectivity index (χ3v) is 4.20. The van der Waals surface area contributed by atoms with Gasteiger partial charge >= 0.3 is 5.97 Å². The number of amides is 2. The van der Waals surface area contributed by atoms with Crippen molar-refractivity contribution >= 4 is 46.1 Å². The number of imide groups is 1. The van der Waals surface area contributed by atoms with Gasteiger partial charge in [-0.2, -0.15) is 0 Å². The molecule has 2 aromatic rings. The van der Waals surface area contributed by atoms with Crippen molar-refractivity contribution in [3.05, 3.63) is 62.2 Å². The molecule has 0 fully saturated rings. The summed E-state index contributed by atoms with van der Waals surface area (Å²) < 4.78 is 1.00. The van der Waals surface area contributed by atoms with Gasteiger partial charge in [-0.05, 0) is 71.5 Å². The smallest absolute Gasteiger partial charge is 0.335 e. The van der Waals surface area contributed by atoms with Gasteiger partial charge in [0.05, 0.1) is 22.4 Å². The fraction of sp³-hybridized carbons (Fsp3) is 0.0625. The number of aryl methyl sites for hydroxylation is 1. The zero-order valence-corrected chi connectivity index (χ0v) is 13.6. The van der Waals surface area contributed by atoms with Crippen LogP contribution < -0.4 is 4.90 Å². The predicted octanol–water partition coefficient (Wildman–Crippen LogP) is 3.10. The summed E-state index contributed by atoms with van der Waals surface area (Å²) in [6.07, 6.45) is 0. The van der Waals surface area contributed by atoms with E-state index in [1.165, 1.54) is 18.2 Å². The molecule has 6 heteroatoms. The summed E-state index contributed by atoms with van der Waals surface area (Å²) in [7, 11) is 0. The molecule has 0 atom stereocenters. The lowest BCUT2D eigenvalue weighted by Gasteiger charge is -2.16. The maximum absolute atomic E-state index is 12.5. The highest BCUT2D eigenvalue weighted by atomic mass is 127. The van der Waals surface area contributed by atoms with E-state index in [1.807, 2.05) is 19.1 Å². The average molecular weight is 407 g/mol. The minimum atomic E-state index is -1.13.